The molecule has 2 heterocycles. The predicted molar refractivity (Wildman–Crippen MR) is 146 cm³/mol. The molecule has 2 aromatic rings. The number of benzene rings is 2. The summed E-state index contributed by atoms with van der Waals surface area (Å²) in [7, 11) is 0. The maximum atomic E-state index is 13.7. The first-order valence-corrected chi connectivity index (χ1v) is 13.2. The number of carbonyl (C=O) groups is 3. The van der Waals surface area contributed by atoms with Crippen LogP contribution in [0.5, 0.6) is 0 Å². The fourth-order valence-corrected chi connectivity index (χ4v) is 5.30. The average molecular weight is 532 g/mol. The van der Waals surface area contributed by atoms with E-state index < -0.39 is 41.6 Å². The van der Waals surface area contributed by atoms with Crippen LogP contribution >= 0.6 is 0 Å². The highest BCUT2D eigenvalue weighted by atomic mass is 16.6. The van der Waals surface area contributed by atoms with E-state index in [1.165, 1.54) is 4.90 Å². The van der Waals surface area contributed by atoms with Crippen LogP contribution < -0.4 is 5.32 Å². The van der Waals surface area contributed by atoms with Crippen molar-refractivity contribution in [3.8, 4) is 11.1 Å². The van der Waals surface area contributed by atoms with E-state index in [9.17, 15) is 19.5 Å². The second kappa shape index (κ2) is 10.6. The minimum Gasteiger partial charge on any atom is -0.480 e. The molecule has 3 aliphatic rings. The molecule has 0 saturated carbocycles. The van der Waals surface area contributed by atoms with Crippen molar-refractivity contribution in [2.24, 2.45) is 10.6 Å². The normalized spacial score (nSPS) is 25.6. The fourth-order valence-electron chi connectivity index (χ4n) is 5.30. The van der Waals surface area contributed by atoms with Gasteiger partial charge in [-0.05, 0) is 41.0 Å². The van der Waals surface area contributed by atoms with Gasteiger partial charge in [-0.2, -0.15) is 0 Å². The van der Waals surface area contributed by atoms with Crippen molar-refractivity contribution in [2.75, 3.05) is 13.2 Å². The lowest BCUT2D eigenvalue weighted by molar-refractivity contribution is -0.150. The second-order valence-electron chi connectivity index (χ2n) is 11.2. The monoisotopic (exact) mass is 531 g/mol. The van der Waals surface area contributed by atoms with Crippen molar-refractivity contribution in [2.45, 2.75) is 58.2 Å². The van der Waals surface area contributed by atoms with Gasteiger partial charge in [0, 0.05) is 17.5 Å². The second-order valence-corrected chi connectivity index (χ2v) is 11.2. The molecule has 2 aromatic carbocycles. The first-order chi connectivity index (χ1) is 18.6. The number of hydrogen-bond acceptors (Lipinski definition) is 6. The molecule has 0 spiro atoms. The number of nitrogens with one attached hydrogen (secondary N) is 1. The van der Waals surface area contributed by atoms with Crippen LogP contribution in [0.1, 0.15) is 56.7 Å². The van der Waals surface area contributed by atoms with Gasteiger partial charge in [0.05, 0.1) is 13.2 Å². The molecule has 9 nitrogen and oxygen atoms in total. The topological polar surface area (TPSA) is 118 Å². The summed E-state index contributed by atoms with van der Waals surface area (Å²) in [6.45, 7) is 5.66. The lowest BCUT2D eigenvalue weighted by atomic mass is 9.85. The molecule has 3 atom stereocenters. The molecule has 39 heavy (non-hydrogen) atoms. The van der Waals surface area contributed by atoms with E-state index in [1.54, 1.807) is 0 Å². The van der Waals surface area contributed by atoms with E-state index in [0.717, 1.165) is 27.8 Å². The van der Waals surface area contributed by atoms with Crippen molar-refractivity contribution < 1.29 is 29.1 Å². The van der Waals surface area contributed by atoms with Gasteiger partial charge in [-0.3, -0.25) is 4.79 Å². The number of rotatable bonds is 1. The van der Waals surface area contributed by atoms with Crippen molar-refractivity contribution in [1.29, 1.82) is 0 Å². The minimum absolute atomic E-state index is 0.0349. The summed E-state index contributed by atoms with van der Waals surface area (Å²) in [6, 6.07) is 12.1. The van der Waals surface area contributed by atoms with Gasteiger partial charge in [0.25, 0.3) is 0 Å². The van der Waals surface area contributed by atoms with Crippen LogP contribution in [-0.4, -0.2) is 65.0 Å². The van der Waals surface area contributed by atoms with E-state index in [1.807, 2.05) is 63.3 Å². The number of oxime groups is 1. The molecule has 1 aliphatic carbocycles. The number of aliphatic carboxylic acids is 1. The minimum atomic E-state index is -1.13. The number of allylic oxidation sites excluding steroid dienone is 1. The molecule has 2 N–H and O–H groups in total. The first kappa shape index (κ1) is 26.5. The highest BCUT2D eigenvalue weighted by Gasteiger charge is 2.46. The molecule has 0 unspecified atom stereocenters. The quantitative estimate of drug-likeness (QED) is 0.480. The smallest absolute Gasteiger partial charge is 0.407 e. The third kappa shape index (κ3) is 5.39. The Balaban J connectivity index is 1.52. The number of carboxylic acid groups (broad SMARTS) is 1. The third-order valence-corrected chi connectivity index (χ3v) is 7.33. The molecule has 4 bridgehead atoms. The Hall–Kier alpha value is -4.14. The standard InChI is InChI=1S/C30H33N3O6/c1-30(2,3)26-27(34)33-17-19(16-24(33)28(35)36)39-32-25-22-11-7-6-10-20(22)21-13-12-18(15-23(21)25)9-5-4-8-14-38-29(37)31-26/h5-7,9-13,15,19,24,26H,4,8,14,16-17H2,1-3H3,(H,31,37)(H,35,36)/b9-5+,32-25-/t19-,24+,26-/m1/s1. The molecule has 1 fully saturated rings. The van der Waals surface area contributed by atoms with E-state index in [-0.39, 0.29) is 19.6 Å². The summed E-state index contributed by atoms with van der Waals surface area (Å²) in [6.07, 6.45) is 4.12. The molecule has 2 amide bonds. The van der Waals surface area contributed by atoms with Gasteiger partial charge in [-0.15, -0.1) is 0 Å². The highest BCUT2D eigenvalue weighted by molar-refractivity contribution is 6.24. The Bertz CT molecular complexity index is 1360. The van der Waals surface area contributed by atoms with Crippen LogP contribution in [0, 0.1) is 5.41 Å². The van der Waals surface area contributed by atoms with Crippen LogP contribution in [0.2, 0.25) is 0 Å². The number of ether oxygens (including phenoxy) is 1. The number of fused-ring (bicyclic) bond motifs is 6. The zero-order valence-electron chi connectivity index (χ0n) is 22.3. The largest absolute Gasteiger partial charge is 0.480 e. The molecule has 1 saturated heterocycles. The van der Waals surface area contributed by atoms with Crippen LogP contribution in [-0.2, 0) is 19.2 Å². The van der Waals surface area contributed by atoms with Gasteiger partial charge < -0.3 is 24.9 Å². The number of carboxylic acids is 1. The summed E-state index contributed by atoms with van der Waals surface area (Å²) in [5, 5.41) is 17.1. The number of cyclic esters (lactones) is 1. The van der Waals surface area contributed by atoms with Gasteiger partial charge >= 0.3 is 12.1 Å². The summed E-state index contributed by atoms with van der Waals surface area (Å²) >= 11 is 0. The van der Waals surface area contributed by atoms with Gasteiger partial charge in [0.15, 0.2) is 0 Å². The zero-order valence-corrected chi connectivity index (χ0v) is 22.3. The molecule has 0 radical (unpaired) electrons. The summed E-state index contributed by atoms with van der Waals surface area (Å²) < 4.78 is 5.34. The van der Waals surface area contributed by atoms with E-state index in [2.05, 4.69) is 22.6 Å². The Labute approximate surface area is 227 Å². The number of alkyl carbamates (subject to hydrolysis) is 1. The molecular formula is C30H33N3O6. The summed E-state index contributed by atoms with van der Waals surface area (Å²) in [5.74, 6) is -1.62. The Morgan fingerprint density at radius 2 is 1.82 bits per heavy atom. The Kier molecular flexibility index (Phi) is 7.16. The van der Waals surface area contributed by atoms with Gasteiger partial charge in [-0.25, -0.2) is 9.59 Å². The molecule has 5 rings (SSSR count). The Morgan fingerprint density at radius 1 is 1.08 bits per heavy atom. The number of amides is 2. The lowest BCUT2D eigenvalue weighted by Gasteiger charge is -2.34. The van der Waals surface area contributed by atoms with Crippen molar-refractivity contribution in [1.82, 2.24) is 10.2 Å². The third-order valence-electron chi connectivity index (χ3n) is 7.33. The van der Waals surface area contributed by atoms with Crippen LogP contribution in [0.3, 0.4) is 0 Å². The highest BCUT2D eigenvalue weighted by Crippen LogP contribution is 2.38. The average Bonchev–Trinajstić information content (AvgIpc) is 3.46. The van der Waals surface area contributed by atoms with E-state index in [0.29, 0.717) is 18.6 Å². The summed E-state index contributed by atoms with van der Waals surface area (Å²) in [4.78, 5) is 45.6. The predicted octanol–water partition coefficient (Wildman–Crippen LogP) is 4.44. The molecule has 204 valence electrons. The fraction of sp³-hybridized carbons (Fsp3) is 0.400. The van der Waals surface area contributed by atoms with Crippen molar-refractivity contribution in [3.63, 3.8) is 0 Å². The Morgan fingerprint density at radius 3 is 2.56 bits per heavy atom. The maximum Gasteiger partial charge on any atom is 0.407 e. The van der Waals surface area contributed by atoms with Gasteiger partial charge in [0.1, 0.15) is 23.9 Å². The summed E-state index contributed by atoms with van der Waals surface area (Å²) in [5.41, 5.74) is 4.97. The van der Waals surface area contributed by atoms with Gasteiger partial charge in [0.2, 0.25) is 5.91 Å². The SMILES string of the molecule is CC(C)(C)[C@@H]1NC(=O)OCCC/C=C/c2ccc3c(c2)/C(=N\O[C@@H]2C[C@@H](C(=O)O)N(C2)C1=O)c1ccccc1-3. The number of carbonyl (C=O) groups excluding carboxylic acids is 2. The maximum absolute atomic E-state index is 13.7. The number of nitrogens with zero attached hydrogens (tertiary/aromatic N) is 2. The van der Waals surface area contributed by atoms with Gasteiger partial charge in [-0.1, -0.05) is 74.5 Å². The van der Waals surface area contributed by atoms with Crippen LogP contribution in [0.15, 0.2) is 53.7 Å². The van der Waals surface area contributed by atoms with Crippen molar-refractivity contribution in [3.05, 3.63) is 65.2 Å². The van der Waals surface area contributed by atoms with Crippen LogP contribution in [0.25, 0.3) is 17.2 Å². The molecule has 2 aliphatic heterocycles. The first-order valence-electron chi connectivity index (χ1n) is 13.2. The zero-order chi connectivity index (χ0) is 27.7. The van der Waals surface area contributed by atoms with Crippen molar-refractivity contribution >= 4 is 29.8 Å². The number of hydrogen-bond donors (Lipinski definition) is 2. The van der Waals surface area contributed by atoms with Crippen LogP contribution in [0.4, 0.5) is 4.79 Å². The molecular weight excluding hydrogens is 498 g/mol. The molecule has 0 aromatic heterocycles. The lowest BCUT2D eigenvalue weighted by Crippen LogP contribution is -2.56. The van der Waals surface area contributed by atoms with E-state index >= 15 is 0 Å². The van der Waals surface area contributed by atoms with E-state index in [4.69, 9.17) is 9.57 Å². The molecule has 9 heteroatoms.